The summed E-state index contributed by atoms with van der Waals surface area (Å²) in [6.07, 6.45) is 0.111. The third kappa shape index (κ3) is 11.3. The van der Waals surface area contributed by atoms with Crippen molar-refractivity contribution in [3.63, 3.8) is 0 Å². The smallest absolute Gasteiger partial charge is 0.336 e. The normalized spacial score (nSPS) is 11.3. The fourth-order valence-corrected chi connectivity index (χ4v) is 2.95. The molecule has 0 saturated heterocycles. The second kappa shape index (κ2) is 14.8. The number of aryl methyl sites for hydroxylation is 1. The Morgan fingerprint density at radius 2 is 1.73 bits per heavy atom. The van der Waals surface area contributed by atoms with Gasteiger partial charge in [0.25, 0.3) is 0 Å². The van der Waals surface area contributed by atoms with Crippen LogP contribution in [0.5, 0.6) is 0 Å². The van der Waals surface area contributed by atoms with Gasteiger partial charge in [0.15, 0.2) is 6.10 Å². The molecule has 0 heterocycles. The van der Waals surface area contributed by atoms with E-state index in [1.165, 1.54) is 21.2 Å². The minimum absolute atomic E-state index is 0.0962. The van der Waals surface area contributed by atoms with Crippen molar-refractivity contribution in [1.82, 2.24) is 10.2 Å². The first kappa shape index (κ1) is 27.9. The van der Waals surface area contributed by atoms with E-state index in [-0.39, 0.29) is 25.6 Å². The lowest BCUT2D eigenvalue weighted by Gasteiger charge is -2.26. The number of aliphatic hydroxyl groups is 1. The molecule has 3 N–H and O–H groups in total. The molecule has 182 valence electrons. The fraction of sp³-hybridized carbons (Fsp3) is 0.480. The summed E-state index contributed by atoms with van der Waals surface area (Å²) in [6, 6.07) is 14.3. The van der Waals surface area contributed by atoms with Gasteiger partial charge >= 0.3 is 18.0 Å². The summed E-state index contributed by atoms with van der Waals surface area (Å²) >= 11 is 0. The van der Waals surface area contributed by atoms with Crippen LogP contribution in [0, 0.1) is 12.8 Å². The number of urea groups is 1. The van der Waals surface area contributed by atoms with E-state index in [1.807, 2.05) is 20.8 Å². The molecule has 2 amide bonds. The number of carbonyl (C=O) groups excluding carboxylic acids is 2. The highest BCUT2D eigenvalue weighted by molar-refractivity contribution is 5.83. The number of esters is 1. The monoisotopic (exact) mass is 460 g/mol. The topological polar surface area (TPSA) is 116 Å². The van der Waals surface area contributed by atoms with Crippen molar-refractivity contribution in [3.8, 4) is 0 Å². The largest absolute Gasteiger partial charge is 0.480 e. The SMILES string of the molecule is CCCCOC(=O)C(O)CN(CC(C)C)C(=O)NCC(=O)O.Cc1ccc2ccccc2c1. The van der Waals surface area contributed by atoms with Gasteiger partial charge in [0, 0.05) is 6.54 Å². The Balaban J connectivity index is 0.000000405. The molecule has 0 aromatic heterocycles. The summed E-state index contributed by atoms with van der Waals surface area (Å²) < 4.78 is 4.89. The number of hydrogen-bond acceptors (Lipinski definition) is 5. The fourth-order valence-electron chi connectivity index (χ4n) is 2.95. The summed E-state index contributed by atoms with van der Waals surface area (Å²) in [5, 5.41) is 23.2. The summed E-state index contributed by atoms with van der Waals surface area (Å²) in [5.74, 6) is -1.86. The van der Waals surface area contributed by atoms with E-state index < -0.39 is 30.6 Å². The van der Waals surface area contributed by atoms with Crippen LogP contribution < -0.4 is 5.32 Å². The maximum atomic E-state index is 11.9. The van der Waals surface area contributed by atoms with Gasteiger partial charge in [-0.15, -0.1) is 0 Å². The maximum Gasteiger partial charge on any atom is 0.336 e. The van der Waals surface area contributed by atoms with Crippen LogP contribution >= 0.6 is 0 Å². The maximum absolute atomic E-state index is 11.9. The van der Waals surface area contributed by atoms with Crippen LogP contribution in [0.15, 0.2) is 42.5 Å². The average Bonchev–Trinajstić information content (AvgIpc) is 2.77. The molecule has 8 nitrogen and oxygen atoms in total. The summed E-state index contributed by atoms with van der Waals surface area (Å²) in [6.45, 7) is 7.53. The molecular formula is C25H36N2O6. The molecule has 0 fully saturated rings. The Kier molecular flexibility index (Phi) is 12.5. The number of carboxylic acids is 1. The number of hydrogen-bond donors (Lipinski definition) is 3. The van der Waals surface area contributed by atoms with Crippen LogP contribution in [0.25, 0.3) is 10.8 Å². The van der Waals surface area contributed by atoms with Crippen LogP contribution in [0.4, 0.5) is 4.79 Å². The van der Waals surface area contributed by atoms with Crippen molar-refractivity contribution in [2.45, 2.75) is 46.6 Å². The number of benzene rings is 2. The van der Waals surface area contributed by atoms with E-state index in [2.05, 4.69) is 54.7 Å². The Morgan fingerprint density at radius 1 is 1.06 bits per heavy atom. The van der Waals surface area contributed by atoms with Crippen LogP contribution in [-0.2, 0) is 14.3 Å². The molecule has 2 aromatic carbocycles. The van der Waals surface area contributed by atoms with Gasteiger partial charge in [0.2, 0.25) is 0 Å². The summed E-state index contributed by atoms with van der Waals surface area (Å²) in [4.78, 5) is 35.2. The van der Waals surface area contributed by atoms with E-state index in [1.54, 1.807) is 0 Å². The zero-order valence-corrected chi connectivity index (χ0v) is 19.9. The van der Waals surface area contributed by atoms with Gasteiger partial charge in [-0.3, -0.25) is 4.79 Å². The van der Waals surface area contributed by atoms with Crippen LogP contribution in [0.3, 0.4) is 0 Å². The van der Waals surface area contributed by atoms with E-state index in [9.17, 15) is 19.5 Å². The molecule has 1 atom stereocenters. The second-order valence-electron chi connectivity index (χ2n) is 8.24. The number of fused-ring (bicyclic) bond motifs is 1. The van der Waals surface area contributed by atoms with Gasteiger partial charge in [-0.2, -0.15) is 0 Å². The highest BCUT2D eigenvalue weighted by atomic mass is 16.5. The first-order valence-electron chi connectivity index (χ1n) is 11.2. The zero-order chi connectivity index (χ0) is 24.8. The van der Waals surface area contributed by atoms with Crippen LogP contribution in [0.1, 0.15) is 39.2 Å². The van der Waals surface area contributed by atoms with Crippen molar-refractivity contribution in [2.24, 2.45) is 5.92 Å². The molecule has 0 spiro atoms. The Hall–Kier alpha value is -3.13. The predicted octanol–water partition coefficient (Wildman–Crippen LogP) is 3.59. The van der Waals surface area contributed by atoms with Gasteiger partial charge in [-0.1, -0.05) is 75.2 Å². The standard InChI is InChI=1S/C14H26N2O6.C11H10/c1-4-5-6-22-13(20)11(17)9-16(8-10(2)3)14(21)15-7-12(18)19;1-9-6-7-10-4-2-3-5-11(10)8-9/h10-11,17H,4-9H2,1-3H3,(H,15,21)(H,18,19);2-8H,1H3. The molecular weight excluding hydrogens is 424 g/mol. The number of amides is 2. The molecule has 0 radical (unpaired) electrons. The van der Waals surface area contributed by atoms with E-state index in [0.717, 1.165) is 6.42 Å². The Labute approximate surface area is 195 Å². The molecule has 0 aliphatic heterocycles. The molecule has 2 rings (SSSR count). The third-order valence-corrected chi connectivity index (χ3v) is 4.58. The number of unbranched alkanes of at least 4 members (excludes halogenated alkanes) is 1. The number of rotatable bonds is 10. The first-order valence-corrected chi connectivity index (χ1v) is 11.2. The summed E-state index contributed by atoms with van der Waals surface area (Å²) in [7, 11) is 0. The van der Waals surface area contributed by atoms with Crippen LogP contribution in [-0.4, -0.2) is 65.4 Å². The highest BCUT2D eigenvalue weighted by Crippen LogP contribution is 2.14. The van der Waals surface area contributed by atoms with E-state index in [4.69, 9.17) is 9.84 Å². The molecule has 33 heavy (non-hydrogen) atoms. The number of nitrogens with zero attached hydrogens (tertiary/aromatic N) is 1. The first-order chi connectivity index (χ1) is 15.6. The van der Waals surface area contributed by atoms with Crippen LogP contribution in [0.2, 0.25) is 0 Å². The van der Waals surface area contributed by atoms with Crippen molar-refractivity contribution in [2.75, 3.05) is 26.2 Å². The predicted molar refractivity (Wildman–Crippen MR) is 128 cm³/mol. The minimum Gasteiger partial charge on any atom is -0.480 e. The number of carbonyl (C=O) groups is 3. The third-order valence-electron chi connectivity index (χ3n) is 4.58. The van der Waals surface area contributed by atoms with E-state index in [0.29, 0.717) is 6.42 Å². The molecule has 1 unspecified atom stereocenters. The zero-order valence-electron chi connectivity index (χ0n) is 19.9. The lowest BCUT2D eigenvalue weighted by molar-refractivity contribution is -0.154. The van der Waals surface area contributed by atoms with Crippen molar-refractivity contribution in [1.29, 1.82) is 0 Å². The van der Waals surface area contributed by atoms with Crippen molar-refractivity contribution < 1.29 is 29.3 Å². The highest BCUT2D eigenvalue weighted by Gasteiger charge is 2.24. The average molecular weight is 461 g/mol. The van der Waals surface area contributed by atoms with Gasteiger partial charge in [0.1, 0.15) is 6.54 Å². The van der Waals surface area contributed by atoms with Crippen molar-refractivity contribution >= 4 is 28.7 Å². The molecule has 0 saturated carbocycles. The molecule has 0 bridgehead atoms. The van der Waals surface area contributed by atoms with Gasteiger partial charge in [0.05, 0.1) is 13.2 Å². The molecule has 2 aromatic rings. The number of aliphatic hydroxyl groups excluding tert-OH is 1. The quantitative estimate of drug-likeness (QED) is 0.369. The van der Waals surface area contributed by atoms with E-state index >= 15 is 0 Å². The minimum atomic E-state index is -1.45. The number of carboxylic acid groups (broad SMARTS) is 1. The van der Waals surface area contributed by atoms with Gasteiger partial charge in [-0.05, 0) is 30.0 Å². The van der Waals surface area contributed by atoms with Gasteiger partial charge < -0.3 is 25.2 Å². The number of ether oxygens (including phenoxy) is 1. The van der Waals surface area contributed by atoms with Gasteiger partial charge in [-0.25, -0.2) is 9.59 Å². The van der Waals surface area contributed by atoms with Crippen molar-refractivity contribution in [3.05, 3.63) is 48.0 Å². The Bertz CT molecular complexity index is 899. The number of nitrogens with one attached hydrogen (secondary N) is 1. The lowest BCUT2D eigenvalue weighted by Crippen LogP contribution is -2.48. The number of aliphatic carboxylic acids is 1. The summed E-state index contributed by atoms with van der Waals surface area (Å²) in [5.41, 5.74) is 1.32. The second-order valence-corrected chi connectivity index (χ2v) is 8.24. The Morgan fingerprint density at radius 3 is 2.33 bits per heavy atom. The molecule has 8 heteroatoms. The molecule has 0 aliphatic carbocycles. The molecule has 0 aliphatic rings. The lowest BCUT2D eigenvalue weighted by atomic mass is 10.1.